The van der Waals surface area contributed by atoms with Crippen LogP contribution in [-0.2, 0) is 11.2 Å². The summed E-state index contributed by atoms with van der Waals surface area (Å²) in [5, 5.41) is 3.14. The van der Waals surface area contributed by atoms with E-state index in [1.807, 2.05) is 30.3 Å². The average molecular weight is 325 g/mol. The smallest absolute Gasteiger partial charge is 0.237 e. The fourth-order valence-electron chi connectivity index (χ4n) is 3.27. The molecular formula is C18H29ClN2O. The van der Waals surface area contributed by atoms with Gasteiger partial charge in [0.1, 0.15) is 0 Å². The van der Waals surface area contributed by atoms with Crippen LogP contribution in [0.15, 0.2) is 30.3 Å². The van der Waals surface area contributed by atoms with Crippen LogP contribution in [-0.4, -0.2) is 18.0 Å². The number of rotatable bonds is 6. The SMILES string of the molecule is CCCC1CCC(NC(=O)[C@@H](N)Cc2ccccc2)CC1.Cl. The number of carbonyl (C=O) groups excluding carboxylic acids is 1. The van der Waals surface area contributed by atoms with Gasteiger partial charge in [0, 0.05) is 6.04 Å². The molecule has 4 heteroatoms. The van der Waals surface area contributed by atoms with E-state index in [0.717, 1.165) is 24.3 Å². The molecule has 0 radical (unpaired) electrons. The van der Waals surface area contributed by atoms with Crippen molar-refractivity contribution in [2.24, 2.45) is 11.7 Å². The molecule has 1 atom stereocenters. The number of benzene rings is 1. The Kier molecular flexibility index (Phi) is 8.51. The molecule has 0 unspecified atom stereocenters. The second-order valence-electron chi connectivity index (χ2n) is 6.31. The van der Waals surface area contributed by atoms with E-state index in [-0.39, 0.29) is 18.3 Å². The molecule has 1 fully saturated rings. The maximum absolute atomic E-state index is 12.2. The standard InChI is InChI=1S/C18H28N2O.ClH/c1-2-6-14-9-11-16(12-10-14)20-18(21)17(19)13-15-7-4-3-5-8-15;/h3-5,7-8,14,16-17H,2,6,9-13,19H2,1H3,(H,20,21);1H/t14?,16?,17-;/m0./s1. The van der Waals surface area contributed by atoms with Crippen LogP contribution in [0.5, 0.6) is 0 Å². The lowest BCUT2D eigenvalue weighted by atomic mass is 9.83. The average Bonchev–Trinajstić information content (AvgIpc) is 2.50. The van der Waals surface area contributed by atoms with Crippen molar-refractivity contribution < 1.29 is 4.79 Å². The quantitative estimate of drug-likeness (QED) is 0.842. The summed E-state index contributed by atoms with van der Waals surface area (Å²) in [4.78, 5) is 12.2. The third-order valence-electron chi connectivity index (χ3n) is 4.53. The Morgan fingerprint density at radius 3 is 2.45 bits per heavy atom. The normalized spacial score (nSPS) is 22.5. The molecule has 2 rings (SSSR count). The van der Waals surface area contributed by atoms with Gasteiger partial charge in [0.05, 0.1) is 6.04 Å². The first-order valence-electron chi connectivity index (χ1n) is 8.29. The van der Waals surface area contributed by atoms with E-state index in [1.54, 1.807) is 0 Å². The number of nitrogens with one attached hydrogen (secondary N) is 1. The van der Waals surface area contributed by atoms with Gasteiger partial charge in [-0.1, -0.05) is 50.1 Å². The predicted octanol–water partition coefficient (Wildman–Crippen LogP) is 3.45. The van der Waals surface area contributed by atoms with Crippen LogP contribution in [0.3, 0.4) is 0 Å². The summed E-state index contributed by atoms with van der Waals surface area (Å²) in [6, 6.07) is 9.85. The highest BCUT2D eigenvalue weighted by atomic mass is 35.5. The highest BCUT2D eigenvalue weighted by Gasteiger charge is 2.23. The highest BCUT2D eigenvalue weighted by molar-refractivity contribution is 5.85. The van der Waals surface area contributed by atoms with Gasteiger partial charge in [-0.25, -0.2) is 0 Å². The molecule has 3 nitrogen and oxygen atoms in total. The summed E-state index contributed by atoms with van der Waals surface area (Å²) in [7, 11) is 0. The number of hydrogen-bond donors (Lipinski definition) is 2. The van der Waals surface area contributed by atoms with Gasteiger partial charge in [-0.3, -0.25) is 4.79 Å². The molecule has 1 aromatic carbocycles. The summed E-state index contributed by atoms with van der Waals surface area (Å²) in [6.45, 7) is 2.25. The molecule has 0 bridgehead atoms. The van der Waals surface area contributed by atoms with Crippen molar-refractivity contribution in [1.82, 2.24) is 5.32 Å². The second kappa shape index (κ2) is 9.86. The first kappa shape index (κ1) is 19.0. The fourth-order valence-corrected chi connectivity index (χ4v) is 3.27. The van der Waals surface area contributed by atoms with Crippen molar-refractivity contribution in [3.05, 3.63) is 35.9 Å². The van der Waals surface area contributed by atoms with Crippen molar-refractivity contribution in [3.63, 3.8) is 0 Å². The van der Waals surface area contributed by atoms with E-state index in [9.17, 15) is 4.79 Å². The fraction of sp³-hybridized carbons (Fsp3) is 0.611. The Balaban J connectivity index is 0.00000242. The Labute approximate surface area is 140 Å². The molecule has 3 N–H and O–H groups in total. The lowest BCUT2D eigenvalue weighted by Gasteiger charge is -2.29. The number of nitrogens with two attached hydrogens (primary N) is 1. The lowest BCUT2D eigenvalue weighted by molar-refractivity contribution is -0.123. The van der Waals surface area contributed by atoms with Gasteiger partial charge in [0.15, 0.2) is 0 Å². The largest absolute Gasteiger partial charge is 0.352 e. The van der Waals surface area contributed by atoms with Crippen LogP contribution < -0.4 is 11.1 Å². The Morgan fingerprint density at radius 2 is 1.86 bits per heavy atom. The van der Waals surface area contributed by atoms with Crippen LogP contribution >= 0.6 is 12.4 Å². The first-order chi connectivity index (χ1) is 10.2. The summed E-state index contributed by atoms with van der Waals surface area (Å²) < 4.78 is 0. The van der Waals surface area contributed by atoms with Crippen molar-refractivity contribution in [3.8, 4) is 0 Å². The zero-order chi connectivity index (χ0) is 15.1. The predicted molar refractivity (Wildman–Crippen MR) is 94.2 cm³/mol. The molecule has 0 aliphatic heterocycles. The van der Waals surface area contributed by atoms with Crippen LogP contribution in [0, 0.1) is 5.92 Å². The maximum Gasteiger partial charge on any atom is 0.237 e. The van der Waals surface area contributed by atoms with Crippen LogP contribution in [0.4, 0.5) is 0 Å². The molecule has 0 saturated heterocycles. The van der Waals surface area contributed by atoms with Gasteiger partial charge >= 0.3 is 0 Å². The van der Waals surface area contributed by atoms with Crippen LogP contribution in [0.1, 0.15) is 51.0 Å². The van der Waals surface area contributed by atoms with Crippen molar-refractivity contribution in [2.75, 3.05) is 0 Å². The summed E-state index contributed by atoms with van der Waals surface area (Å²) in [5.41, 5.74) is 7.15. The maximum atomic E-state index is 12.2. The van der Waals surface area contributed by atoms with Gasteiger partial charge in [-0.05, 0) is 43.6 Å². The van der Waals surface area contributed by atoms with E-state index in [1.165, 1.54) is 25.7 Å². The second-order valence-corrected chi connectivity index (χ2v) is 6.31. The minimum absolute atomic E-state index is 0. The van der Waals surface area contributed by atoms with E-state index in [0.29, 0.717) is 12.5 Å². The monoisotopic (exact) mass is 324 g/mol. The Morgan fingerprint density at radius 1 is 1.23 bits per heavy atom. The van der Waals surface area contributed by atoms with E-state index in [2.05, 4.69) is 12.2 Å². The topological polar surface area (TPSA) is 55.1 Å². The van der Waals surface area contributed by atoms with Crippen LogP contribution in [0.2, 0.25) is 0 Å². The van der Waals surface area contributed by atoms with Gasteiger partial charge in [0.25, 0.3) is 0 Å². The Hall–Kier alpha value is -1.06. The molecule has 1 amide bonds. The lowest BCUT2D eigenvalue weighted by Crippen LogP contribution is -2.47. The summed E-state index contributed by atoms with van der Waals surface area (Å²) >= 11 is 0. The van der Waals surface area contributed by atoms with E-state index in [4.69, 9.17) is 5.73 Å². The summed E-state index contributed by atoms with van der Waals surface area (Å²) in [6.07, 6.45) is 7.90. The van der Waals surface area contributed by atoms with E-state index >= 15 is 0 Å². The minimum atomic E-state index is -0.444. The van der Waals surface area contributed by atoms with Crippen molar-refractivity contribution >= 4 is 18.3 Å². The molecule has 1 saturated carbocycles. The van der Waals surface area contributed by atoms with Gasteiger partial charge < -0.3 is 11.1 Å². The molecule has 0 heterocycles. The molecular weight excluding hydrogens is 296 g/mol. The zero-order valence-electron chi connectivity index (χ0n) is 13.5. The number of hydrogen-bond acceptors (Lipinski definition) is 2. The van der Waals surface area contributed by atoms with E-state index < -0.39 is 6.04 Å². The molecule has 1 aliphatic rings. The van der Waals surface area contributed by atoms with Gasteiger partial charge in [-0.15, -0.1) is 12.4 Å². The zero-order valence-corrected chi connectivity index (χ0v) is 14.3. The molecule has 1 aliphatic carbocycles. The first-order valence-corrected chi connectivity index (χ1v) is 8.29. The van der Waals surface area contributed by atoms with Gasteiger partial charge in [0.2, 0.25) is 5.91 Å². The third-order valence-corrected chi connectivity index (χ3v) is 4.53. The molecule has 1 aromatic rings. The number of amides is 1. The van der Waals surface area contributed by atoms with Crippen LogP contribution in [0.25, 0.3) is 0 Å². The molecule has 0 aromatic heterocycles. The highest BCUT2D eigenvalue weighted by Crippen LogP contribution is 2.27. The van der Waals surface area contributed by atoms with Crippen molar-refractivity contribution in [2.45, 2.75) is 64.0 Å². The van der Waals surface area contributed by atoms with Crippen molar-refractivity contribution in [1.29, 1.82) is 0 Å². The Bertz CT molecular complexity index is 430. The molecule has 0 spiro atoms. The van der Waals surface area contributed by atoms with Gasteiger partial charge in [-0.2, -0.15) is 0 Å². The molecule has 22 heavy (non-hydrogen) atoms. The minimum Gasteiger partial charge on any atom is -0.352 e. The number of carbonyl (C=O) groups is 1. The number of halogens is 1. The summed E-state index contributed by atoms with van der Waals surface area (Å²) in [5.74, 6) is 0.860. The molecule has 124 valence electrons. The third kappa shape index (κ3) is 5.98.